The summed E-state index contributed by atoms with van der Waals surface area (Å²) in [6, 6.07) is 1.67. The number of rotatable bonds is 5. The van der Waals surface area contributed by atoms with Crippen LogP contribution in [0, 0.1) is 18.8 Å². The molecule has 0 saturated carbocycles. The SMILES string of the molecule is Cc1cc(C(=O)OC(C)C)c(NC(=O)[C@H]2CC=CC[C@@H]2C(=O)O)s1. The van der Waals surface area contributed by atoms with Crippen LogP contribution in [0.3, 0.4) is 0 Å². The molecule has 1 aliphatic rings. The molecule has 0 fully saturated rings. The number of esters is 1. The lowest BCUT2D eigenvalue weighted by Gasteiger charge is -2.24. The van der Waals surface area contributed by atoms with Crippen molar-refractivity contribution in [3.05, 3.63) is 28.7 Å². The average Bonchev–Trinajstić information content (AvgIpc) is 2.87. The molecule has 0 aromatic carbocycles. The molecule has 0 radical (unpaired) electrons. The molecule has 1 aromatic rings. The number of thiophene rings is 1. The first-order valence-electron chi connectivity index (χ1n) is 7.79. The van der Waals surface area contributed by atoms with Crippen molar-refractivity contribution in [1.29, 1.82) is 0 Å². The number of hydrogen-bond acceptors (Lipinski definition) is 5. The van der Waals surface area contributed by atoms with Crippen molar-refractivity contribution in [2.75, 3.05) is 5.32 Å². The quantitative estimate of drug-likeness (QED) is 0.627. The number of nitrogens with one attached hydrogen (secondary N) is 1. The molecule has 6 nitrogen and oxygen atoms in total. The molecule has 1 aromatic heterocycles. The van der Waals surface area contributed by atoms with E-state index in [-0.39, 0.29) is 12.0 Å². The molecule has 7 heteroatoms. The van der Waals surface area contributed by atoms with Gasteiger partial charge in [-0.15, -0.1) is 11.3 Å². The Morgan fingerprint density at radius 1 is 1.25 bits per heavy atom. The zero-order chi connectivity index (χ0) is 17.9. The van der Waals surface area contributed by atoms with Crippen LogP contribution in [0.15, 0.2) is 18.2 Å². The number of carbonyl (C=O) groups excluding carboxylic acids is 2. The molecule has 0 spiro atoms. The Labute approximate surface area is 144 Å². The molecule has 130 valence electrons. The molecule has 1 aliphatic carbocycles. The van der Waals surface area contributed by atoms with Crippen LogP contribution in [0.2, 0.25) is 0 Å². The maximum absolute atomic E-state index is 12.5. The number of anilines is 1. The Kier molecular flexibility index (Phi) is 5.77. The normalized spacial score (nSPS) is 20.0. The van der Waals surface area contributed by atoms with Gasteiger partial charge in [0.2, 0.25) is 5.91 Å². The van der Waals surface area contributed by atoms with Gasteiger partial charge >= 0.3 is 11.9 Å². The van der Waals surface area contributed by atoms with Crippen molar-refractivity contribution in [1.82, 2.24) is 0 Å². The first-order chi connectivity index (χ1) is 11.3. The number of hydrogen-bond donors (Lipinski definition) is 2. The topological polar surface area (TPSA) is 92.7 Å². The minimum Gasteiger partial charge on any atom is -0.481 e. The van der Waals surface area contributed by atoms with E-state index in [4.69, 9.17) is 4.74 Å². The zero-order valence-corrected chi connectivity index (χ0v) is 14.7. The maximum Gasteiger partial charge on any atom is 0.341 e. The molecule has 2 rings (SSSR count). The van der Waals surface area contributed by atoms with Crippen molar-refractivity contribution in [3.8, 4) is 0 Å². The van der Waals surface area contributed by atoms with Crippen molar-refractivity contribution in [3.63, 3.8) is 0 Å². The van der Waals surface area contributed by atoms with Crippen LogP contribution in [0.4, 0.5) is 5.00 Å². The van der Waals surface area contributed by atoms with E-state index in [1.807, 2.05) is 13.0 Å². The second-order valence-electron chi connectivity index (χ2n) is 6.04. The highest BCUT2D eigenvalue weighted by Gasteiger charge is 2.34. The lowest BCUT2D eigenvalue weighted by atomic mass is 9.82. The molecular formula is C17H21NO5S. The van der Waals surface area contributed by atoms with Crippen molar-refractivity contribution in [2.45, 2.75) is 39.7 Å². The summed E-state index contributed by atoms with van der Waals surface area (Å²) in [6.45, 7) is 5.33. The minimum atomic E-state index is -0.985. The molecule has 0 aliphatic heterocycles. The third-order valence-corrected chi connectivity index (χ3v) is 4.71. The predicted molar refractivity (Wildman–Crippen MR) is 91.2 cm³/mol. The number of aliphatic carboxylic acids is 1. The van der Waals surface area contributed by atoms with Crippen LogP contribution in [0.25, 0.3) is 0 Å². The van der Waals surface area contributed by atoms with Gasteiger partial charge in [-0.05, 0) is 39.7 Å². The second kappa shape index (κ2) is 7.61. The number of ether oxygens (including phenoxy) is 1. The van der Waals surface area contributed by atoms with Crippen molar-refractivity contribution < 1.29 is 24.2 Å². The molecule has 2 N–H and O–H groups in total. The van der Waals surface area contributed by atoms with Crippen LogP contribution >= 0.6 is 11.3 Å². The van der Waals surface area contributed by atoms with Crippen LogP contribution in [-0.4, -0.2) is 29.1 Å². The third-order valence-electron chi connectivity index (χ3n) is 3.74. The minimum absolute atomic E-state index is 0.263. The Hall–Kier alpha value is -2.15. The predicted octanol–water partition coefficient (Wildman–Crippen LogP) is 3.23. The van der Waals surface area contributed by atoms with Gasteiger partial charge in [0.15, 0.2) is 0 Å². The van der Waals surface area contributed by atoms with Crippen LogP contribution in [0.1, 0.15) is 41.9 Å². The van der Waals surface area contributed by atoms with Gasteiger partial charge in [0.05, 0.1) is 23.5 Å². The van der Waals surface area contributed by atoms with Crippen LogP contribution in [-0.2, 0) is 14.3 Å². The van der Waals surface area contributed by atoms with E-state index in [2.05, 4.69) is 5.32 Å². The van der Waals surface area contributed by atoms with Gasteiger partial charge in [-0.3, -0.25) is 9.59 Å². The molecule has 1 amide bonds. The molecular weight excluding hydrogens is 330 g/mol. The van der Waals surface area contributed by atoms with E-state index in [1.165, 1.54) is 11.3 Å². The number of allylic oxidation sites excluding steroid dienone is 2. The second-order valence-corrected chi connectivity index (χ2v) is 7.29. The van der Waals surface area contributed by atoms with E-state index >= 15 is 0 Å². The molecule has 1 heterocycles. The van der Waals surface area contributed by atoms with E-state index in [1.54, 1.807) is 26.0 Å². The standard InChI is InChI=1S/C17H21NO5S/c1-9(2)23-17(22)13-8-10(3)24-15(13)18-14(19)11-6-4-5-7-12(11)16(20)21/h4-5,8-9,11-12H,6-7H2,1-3H3,(H,18,19)(H,20,21)/t11-,12-/m0/s1. The van der Waals surface area contributed by atoms with E-state index in [9.17, 15) is 19.5 Å². The highest BCUT2D eigenvalue weighted by Crippen LogP contribution is 2.32. The lowest BCUT2D eigenvalue weighted by molar-refractivity contribution is -0.146. The van der Waals surface area contributed by atoms with Gasteiger partial charge in [0.25, 0.3) is 0 Å². The molecule has 24 heavy (non-hydrogen) atoms. The largest absolute Gasteiger partial charge is 0.481 e. The summed E-state index contributed by atoms with van der Waals surface area (Å²) in [7, 11) is 0. The van der Waals surface area contributed by atoms with Gasteiger partial charge in [-0.2, -0.15) is 0 Å². The number of amides is 1. The number of carbonyl (C=O) groups is 3. The number of carboxylic acids is 1. The first-order valence-corrected chi connectivity index (χ1v) is 8.61. The fourth-order valence-corrected chi connectivity index (χ4v) is 3.52. The average molecular weight is 351 g/mol. The highest BCUT2D eigenvalue weighted by atomic mass is 32.1. The first kappa shape index (κ1) is 18.2. The smallest absolute Gasteiger partial charge is 0.341 e. The summed E-state index contributed by atoms with van der Waals surface area (Å²) >= 11 is 1.27. The molecule has 0 saturated heterocycles. The summed E-state index contributed by atoms with van der Waals surface area (Å²) in [5.74, 6) is -3.26. The Bertz CT molecular complexity index is 677. The van der Waals surface area contributed by atoms with Gasteiger partial charge in [-0.1, -0.05) is 12.2 Å². The monoisotopic (exact) mass is 351 g/mol. The van der Waals surface area contributed by atoms with Crippen LogP contribution in [0.5, 0.6) is 0 Å². The Balaban J connectivity index is 2.18. The summed E-state index contributed by atoms with van der Waals surface area (Å²) in [5.41, 5.74) is 0.303. The Morgan fingerprint density at radius 3 is 2.46 bits per heavy atom. The third kappa shape index (κ3) is 4.23. The fraction of sp³-hybridized carbons (Fsp3) is 0.471. The lowest BCUT2D eigenvalue weighted by Crippen LogP contribution is -2.34. The van der Waals surface area contributed by atoms with Crippen LogP contribution < -0.4 is 5.32 Å². The highest BCUT2D eigenvalue weighted by molar-refractivity contribution is 7.16. The van der Waals surface area contributed by atoms with Gasteiger partial charge in [0.1, 0.15) is 5.00 Å². The van der Waals surface area contributed by atoms with Crippen molar-refractivity contribution >= 4 is 34.2 Å². The summed E-state index contributed by atoms with van der Waals surface area (Å²) in [5, 5.41) is 12.4. The van der Waals surface area contributed by atoms with Gasteiger partial charge < -0.3 is 15.2 Å². The van der Waals surface area contributed by atoms with E-state index < -0.39 is 23.8 Å². The Morgan fingerprint density at radius 2 is 1.88 bits per heavy atom. The van der Waals surface area contributed by atoms with Crippen molar-refractivity contribution in [2.24, 2.45) is 11.8 Å². The van der Waals surface area contributed by atoms with E-state index in [0.29, 0.717) is 23.4 Å². The zero-order valence-electron chi connectivity index (χ0n) is 13.9. The number of carboxylic acid groups (broad SMARTS) is 1. The molecule has 0 unspecified atom stereocenters. The fourth-order valence-electron chi connectivity index (χ4n) is 2.62. The summed E-state index contributed by atoms with van der Waals surface area (Å²) in [4.78, 5) is 36.9. The maximum atomic E-state index is 12.5. The molecule has 2 atom stereocenters. The van der Waals surface area contributed by atoms with Gasteiger partial charge in [-0.25, -0.2) is 4.79 Å². The summed E-state index contributed by atoms with van der Waals surface area (Å²) in [6.07, 6.45) is 4.04. The van der Waals surface area contributed by atoms with E-state index in [0.717, 1.165) is 4.88 Å². The summed E-state index contributed by atoms with van der Waals surface area (Å²) < 4.78 is 5.19. The molecule has 0 bridgehead atoms. The number of aryl methyl sites for hydroxylation is 1. The van der Waals surface area contributed by atoms with Gasteiger partial charge in [0, 0.05) is 4.88 Å².